The molecule has 1 amide bonds. The molecule has 3 aromatic heterocycles. The van der Waals surface area contributed by atoms with E-state index >= 15 is 0 Å². The molecule has 2 aliphatic heterocycles. The van der Waals surface area contributed by atoms with Crippen LogP contribution in [0.25, 0.3) is 21.6 Å². The number of unbranched alkanes of at least 4 members (excludes halogenated alkanes) is 1. The summed E-state index contributed by atoms with van der Waals surface area (Å²) in [7, 11) is -10.1. The Bertz CT molecular complexity index is 2190. The van der Waals surface area contributed by atoms with E-state index in [4.69, 9.17) is 40.5 Å². The number of rotatable bonds is 17. The first-order chi connectivity index (χ1) is 27.7. The molecule has 3 aromatic rings. The van der Waals surface area contributed by atoms with Gasteiger partial charge in [0, 0.05) is 24.1 Å². The number of amides is 1. The van der Waals surface area contributed by atoms with Crippen LogP contribution in [0.15, 0.2) is 34.8 Å². The Morgan fingerprint density at radius 2 is 1.83 bits per heavy atom. The molecule has 9 atom stereocenters. The molecule has 27 nitrogen and oxygen atoms in total. The molecule has 2 aliphatic rings. The van der Waals surface area contributed by atoms with E-state index in [0.29, 0.717) is 6.42 Å². The van der Waals surface area contributed by atoms with Crippen LogP contribution < -0.4 is 22.5 Å². The number of esters is 1. The number of anilines is 2. The number of carbonyl (C=O) groups is 2. The Morgan fingerprint density at radius 1 is 1.10 bits per heavy atom. The summed E-state index contributed by atoms with van der Waals surface area (Å²) in [5, 5.41) is 17.6. The minimum atomic E-state index is -5.12. The van der Waals surface area contributed by atoms with Crippen LogP contribution in [-0.4, -0.2) is 122 Å². The second-order valence-electron chi connectivity index (χ2n) is 14.3. The van der Waals surface area contributed by atoms with Crippen molar-refractivity contribution >= 4 is 50.3 Å². The molecule has 5 heterocycles. The lowest BCUT2D eigenvalue weighted by atomic mass is 10.1. The third kappa shape index (κ3) is 11.7. The summed E-state index contributed by atoms with van der Waals surface area (Å²) in [5.74, 6) is -1.20. The maximum absolute atomic E-state index is 14.0. The number of aliphatic hydroxyl groups is 1. The van der Waals surface area contributed by atoms with Crippen LogP contribution in [0.5, 0.6) is 0 Å². The second kappa shape index (κ2) is 18.6. The van der Waals surface area contributed by atoms with Crippen LogP contribution in [-0.2, 0) is 41.9 Å². The Balaban J connectivity index is 1.42. The van der Waals surface area contributed by atoms with Crippen molar-refractivity contribution in [3.8, 4) is 0 Å². The summed E-state index contributed by atoms with van der Waals surface area (Å²) in [6.07, 6.45) is -6.50. The van der Waals surface area contributed by atoms with Gasteiger partial charge in [0.15, 0.2) is 23.8 Å². The number of alkyl carbamates (subject to hydrolysis) is 1. The van der Waals surface area contributed by atoms with Gasteiger partial charge in [-0.2, -0.15) is 4.98 Å². The molecule has 0 spiro atoms. The molecule has 0 aliphatic carbocycles. The number of nitrogens with one attached hydrogen (secondary N) is 1. The summed E-state index contributed by atoms with van der Waals surface area (Å²) in [6, 6.07) is -0.113. The van der Waals surface area contributed by atoms with Crippen LogP contribution in [0.4, 0.5) is 16.4 Å². The lowest BCUT2D eigenvalue weighted by molar-refractivity contribution is -0.159. The third-order valence-corrected chi connectivity index (χ3v) is 11.3. The monoisotopic (exact) mass is 874 g/mol. The molecule has 0 saturated carbocycles. The van der Waals surface area contributed by atoms with E-state index in [1.807, 2.05) is 0 Å². The van der Waals surface area contributed by atoms with Gasteiger partial charge >= 0.3 is 33.2 Å². The maximum atomic E-state index is 14.0. The Hall–Kier alpha value is -4.78. The molecule has 59 heavy (non-hydrogen) atoms. The van der Waals surface area contributed by atoms with Crippen molar-refractivity contribution in [3.63, 3.8) is 0 Å². The normalized spacial score (nSPS) is 24.9. The molecule has 0 radical (unpaired) electrons. The number of azide groups is 1. The minimum Gasteiger partial charge on any atom is -0.455 e. The summed E-state index contributed by atoms with van der Waals surface area (Å²) < 4.78 is 60.8. The highest BCUT2D eigenvalue weighted by Crippen LogP contribution is 2.56. The second-order valence-corrected chi connectivity index (χ2v) is 17.6. The zero-order chi connectivity index (χ0) is 43.3. The molecule has 2 saturated heterocycles. The summed E-state index contributed by atoms with van der Waals surface area (Å²) in [4.78, 5) is 87.7. The molecule has 5 rings (SSSR count). The SMILES string of the molecule is CC(C)(C)OC(=O)N[C@@H](CCCCN=[N+]=[N-])C(=O)O[C@H]1[C@@H](O)[C@H](n2cnc3c(N)ncnc32)O[C@@H]1COP(=O)(O)[C@H]1C[C@H](n2ccc(N)nc2=O)O[C@@H]1COP(=O)(O)O. The van der Waals surface area contributed by atoms with Gasteiger partial charge in [0.25, 0.3) is 0 Å². The molecule has 2 fully saturated rings. The zero-order valence-electron chi connectivity index (χ0n) is 31.7. The topological polar surface area (TPSA) is 396 Å². The van der Waals surface area contributed by atoms with Crippen molar-refractivity contribution in [2.75, 3.05) is 31.2 Å². The van der Waals surface area contributed by atoms with Crippen molar-refractivity contribution in [1.82, 2.24) is 34.4 Å². The number of ether oxygens (including phenoxy) is 4. The first-order valence-electron chi connectivity index (χ1n) is 17.8. The predicted molar refractivity (Wildman–Crippen MR) is 200 cm³/mol. The molecular weight excluding hydrogens is 830 g/mol. The highest BCUT2D eigenvalue weighted by atomic mass is 31.2. The number of carbonyl (C=O) groups excluding carboxylic acids is 2. The van der Waals surface area contributed by atoms with E-state index in [1.165, 1.54) is 23.2 Å². The number of hydrogen-bond acceptors (Lipinski definition) is 19. The molecule has 0 bridgehead atoms. The van der Waals surface area contributed by atoms with Crippen molar-refractivity contribution in [2.24, 2.45) is 5.11 Å². The standard InChI is InChI=1S/C30H44N12O15P2/c1-30(2,3)57-29(46)38-15(6-4-5-8-37-40-33)27(44)56-23-17(55-26(22(23)43)42-14-36-21-24(32)34-13-35-25(21)42)12-52-58(47,48)18-10-20(41-9-7-19(31)39-28(41)45)54-16(18)11-53-59(49,50)51/h7,9,13-18,20,22-23,26,43H,4-6,8,10-12H2,1-3H3,(H,38,46)(H,47,48)(H2,31,39,45)(H2,32,34,35)(H2,49,50,51)/t15-,16+,17+,18-,20+,22+,23+,26+/m0/s1. The van der Waals surface area contributed by atoms with Crippen LogP contribution in [0, 0.1) is 0 Å². The molecule has 0 aromatic carbocycles. The van der Waals surface area contributed by atoms with E-state index in [1.54, 1.807) is 20.8 Å². The quantitative estimate of drug-likeness (QED) is 0.0246. The lowest BCUT2D eigenvalue weighted by Crippen LogP contribution is -2.47. The van der Waals surface area contributed by atoms with Gasteiger partial charge in [-0.15, -0.1) is 0 Å². The Labute approximate surface area is 333 Å². The maximum Gasteiger partial charge on any atom is 0.469 e. The number of fused-ring (bicyclic) bond motifs is 1. The first-order valence-corrected chi connectivity index (χ1v) is 21.0. The van der Waals surface area contributed by atoms with Gasteiger partial charge in [0.1, 0.15) is 47.7 Å². The number of nitrogens with zero attached hydrogens (tertiary/aromatic N) is 9. The van der Waals surface area contributed by atoms with Crippen LogP contribution in [0.2, 0.25) is 0 Å². The van der Waals surface area contributed by atoms with E-state index in [2.05, 4.69) is 39.8 Å². The smallest absolute Gasteiger partial charge is 0.455 e. The van der Waals surface area contributed by atoms with Gasteiger partial charge in [-0.25, -0.2) is 33.9 Å². The average molecular weight is 875 g/mol. The number of phosphoric ester groups is 1. The van der Waals surface area contributed by atoms with Gasteiger partial charge in [-0.05, 0) is 45.2 Å². The summed E-state index contributed by atoms with van der Waals surface area (Å²) >= 11 is 0. The van der Waals surface area contributed by atoms with E-state index in [0.717, 1.165) is 10.9 Å². The summed E-state index contributed by atoms with van der Waals surface area (Å²) in [6.45, 7) is 3.14. The van der Waals surface area contributed by atoms with E-state index in [-0.39, 0.29) is 42.2 Å². The molecule has 29 heteroatoms. The first kappa shape index (κ1) is 45.3. The third-order valence-electron chi connectivity index (χ3n) is 8.88. The van der Waals surface area contributed by atoms with Gasteiger partial charge < -0.3 is 60.0 Å². The molecule has 324 valence electrons. The predicted octanol–water partition coefficient (Wildman–Crippen LogP) is 0.759. The van der Waals surface area contributed by atoms with Crippen LogP contribution in [0.1, 0.15) is 58.9 Å². The fourth-order valence-electron chi connectivity index (χ4n) is 6.25. The van der Waals surface area contributed by atoms with Gasteiger partial charge in [-0.3, -0.25) is 18.2 Å². The number of hydrogen-bond donors (Lipinski definition) is 7. The number of nitrogens with two attached hydrogens (primary N) is 2. The van der Waals surface area contributed by atoms with Crippen LogP contribution >= 0.6 is 15.4 Å². The Kier molecular flexibility index (Phi) is 14.3. The van der Waals surface area contributed by atoms with Crippen molar-refractivity contribution in [2.45, 2.75) is 101 Å². The number of phosphoric acid groups is 1. The van der Waals surface area contributed by atoms with Gasteiger partial charge in [0.2, 0.25) is 0 Å². The Morgan fingerprint density at radius 3 is 2.51 bits per heavy atom. The lowest BCUT2D eigenvalue weighted by Gasteiger charge is -2.27. The molecular formula is C30H44N12O15P2. The highest BCUT2D eigenvalue weighted by molar-refractivity contribution is 7.53. The summed E-state index contributed by atoms with van der Waals surface area (Å²) in [5.41, 5.74) is 16.9. The minimum absolute atomic E-state index is 0.00628. The zero-order valence-corrected chi connectivity index (χ0v) is 33.5. The van der Waals surface area contributed by atoms with Crippen molar-refractivity contribution < 1.29 is 66.5 Å². The fraction of sp³-hybridized carbons (Fsp3) is 0.633. The number of aliphatic hydroxyl groups excluding tert-OH is 1. The molecule has 9 N–H and O–H groups in total. The van der Waals surface area contributed by atoms with Crippen molar-refractivity contribution in [3.05, 3.63) is 45.8 Å². The number of nitrogen functional groups attached to an aromatic ring is 2. The average Bonchev–Trinajstić information content (AvgIpc) is 3.85. The van der Waals surface area contributed by atoms with Crippen molar-refractivity contribution in [1.29, 1.82) is 0 Å². The van der Waals surface area contributed by atoms with Gasteiger partial charge in [-0.1, -0.05) is 11.5 Å². The fourth-order valence-corrected chi connectivity index (χ4v) is 8.16. The van der Waals surface area contributed by atoms with E-state index in [9.17, 15) is 43.3 Å². The van der Waals surface area contributed by atoms with Crippen LogP contribution in [0.3, 0.4) is 0 Å². The number of imidazole rings is 1. The highest BCUT2D eigenvalue weighted by Gasteiger charge is 2.52. The number of aromatic nitrogens is 6. The largest absolute Gasteiger partial charge is 0.469 e. The van der Waals surface area contributed by atoms with E-state index < -0.39 is 107 Å². The molecule has 1 unspecified atom stereocenters. The van der Waals surface area contributed by atoms with Gasteiger partial charge in [0.05, 0.1) is 31.3 Å².